The molecule has 3 unspecified atom stereocenters. The van der Waals surface area contributed by atoms with Gasteiger partial charge in [0.05, 0.1) is 24.4 Å². The van der Waals surface area contributed by atoms with Crippen LogP contribution >= 0.6 is 0 Å². The monoisotopic (exact) mass is 430 g/mol. The first kappa shape index (κ1) is 21.4. The molecule has 0 bridgehead atoms. The van der Waals surface area contributed by atoms with Crippen molar-refractivity contribution in [3.63, 3.8) is 0 Å². The van der Waals surface area contributed by atoms with Crippen molar-refractivity contribution in [1.82, 2.24) is 0 Å². The Morgan fingerprint density at radius 1 is 0.839 bits per heavy atom. The quantitative estimate of drug-likeness (QED) is 0.589. The molecule has 3 heteroatoms. The lowest BCUT2D eigenvalue weighted by molar-refractivity contribution is -0.182. The summed E-state index contributed by atoms with van der Waals surface area (Å²) in [6.45, 7) is 11.9. The van der Waals surface area contributed by atoms with Gasteiger partial charge in [-0.15, -0.1) is 0 Å². The summed E-state index contributed by atoms with van der Waals surface area (Å²) < 4.78 is 6.68. The highest BCUT2D eigenvalue weighted by molar-refractivity contribution is 5.32. The van der Waals surface area contributed by atoms with E-state index in [1.165, 1.54) is 57.8 Å². The summed E-state index contributed by atoms with van der Waals surface area (Å²) in [5, 5.41) is 22.8. The fraction of sp³-hybridized carbons (Fsp3) is 1.00. The summed E-state index contributed by atoms with van der Waals surface area (Å²) in [6, 6.07) is 0. The minimum Gasteiger partial charge on any atom is -0.393 e. The van der Waals surface area contributed by atoms with Gasteiger partial charge in [-0.1, -0.05) is 41.0 Å². The van der Waals surface area contributed by atoms with E-state index in [1.807, 2.05) is 0 Å². The first-order valence-corrected chi connectivity index (χ1v) is 13.6. The molecule has 0 amide bonds. The summed E-state index contributed by atoms with van der Waals surface area (Å²) in [4.78, 5) is 0. The number of fused-ring (bicyclic) bond motifs is 4. The number of hydrogen-bond donors (Lipinski definition) is 2. The van der Waals surface area contributed by atoms with E-state index in [1.54, 1.807) is 0 Å². The Kier molecular flexibility index (Phi) is 4.35. The first-order chi connectivity index (χ1) is 14.6. The van der Waals surface area contributed by atoms with Crippen LogP contribution in [0.4, 0.5) is 0 Å². The van der Waals surface area contributed by atoms with Crippen LogP contribution < -0.4 is 0 Å². The highest BCUT2D eigenvalue weighted by Crippen LogP contribution is 2.89. The van der Waals surface area contributed by atoms with Crippen LogP contribution in [-0.4, -0.2) is 34.6 Å². The number of hydrogen-bond acceptors (Lipinski definition) is 3. The maximum Gasteiger partial charge on any atom is 0.0876 e. The lowest BCUT2D eigenvalue weighted by atomic mass is 9.41. The maximum absolute atomic E-state index is 12.0. The molecule has 1 heterocycles. The van der Waals surface area contributed by atoms with Crippen LogP contribution in [0.5, 0.6) is 0 Å². The van der Waals surface area contributed by atoms with Crippen LogP contribution in [0.3, 0.4) is 0 Å². The molecule has 1 saturated heterocycles. The van der Waals surface area contributed by atoms with Crippen molar-refractivity contribution in [2.24, 2.45) is 44.8 Å². The molecule has 2 N–H and O–H groups in total. The van der Waals surface area contributed by atoms with Gasteiger partial charge >= 0.3 is 0 Å². The average molecular weight is 431 g/mol. The summed E-state index contributed by atoms with van der Waals surface area (Å²) in [5.74, 6) is 1.80. The Labute approximate surface area is 189 Å². The molecule has 0 aromatic carbocycles. The zero-order valence-electron chi connectivity index (χ0n) is 20.6. The van der Waals surface area contributed by atoms with Crippen molar-refractivity contribution in [2.75, 3.05) is 0 Å². The van der Waals surface area contributed by atoms with E-state index >= 15 is 0 Å². The summed E-state index contributed by atoms with van der Waals surface area (Å²) in [5.41, 5.74) is 1.05. The molecule has 6 aliphatic rings. The number of rotatable bonds is 2. The number of aliphatic hydroxyl groups excluding tert-OH is 2. The Morgan fingerprint density at radius 3 is 2.29 bits per heavy atom. The molecule has 1 aliphatic heterocycles. The molecule has 11 atom stereocenters. The number of aliphatic hydroxyl groups is 2. The summed E-state index contributed by atoms with van der Waals surface area (Å²) in [6.07, 6.45) is 13.3. The zero-order chi connectivity index (χ0) is 22.0. The van der Waals surface area contributed by atoms with Crippen molar-refractivity contribution in [3.05, 3.63) is 0 Å². The standard InChI is InChI=1S/C28H46O3/c1-6-7-17-8-9-18-22(31-17)23(30)26(5)20-11-10-19-24(2,3)21(29)12-13-27(19)16-28(20,27)15-14-25(18,26)4/h17-23,29-30H,6-16H2,1-5H3/t17-,18?,19?,20?,21-,22-,23-,25+,26+,27+,28-/m0/s1. The van der Waals surface area contributed by atoms with Gasteiger partial charge in [0.1, 0.15) is 0 Å². The van der Waals surface area contributed by atoms with E-state index in [0.29, 0.717) is 34.7 Å². The van der Waals surface area contributed by atoms with E-state index in [9.17, 15) is 10.2 Å². The van der Waals surface area contributed by atoms with Crippen molar-refractivity contribution < 1.29 is 14.9 Å². The van der Waals surface area contributed by atoms with Crippen LogP contribution in [0, 0.1) is 44.8 Å². The third-order valence-electron chi connectivity index (χ3n) is 13.1. The molecule has 0 aromatic rings. The van der Waals surface area contributed by atoms with Crippen molar-refractivity contribution >= 4 is 0 Å². The summed E-state index contributed by atoms with van der Waals surface area (Å²) >= 11 is 0. The molecule has 2 spiro atoms. The van der Waals surface area contributed by atoms with Crippen molar-refractivity contribution in [3.8, 4) is 0 Å². The molecule has 0 aromatic heterocycles. The van der Waals surface area contributed by atoms with Crippen molar-refractivity contribution in [2.45, 2.75) is 130 Å². The predicted octanol–water partition coefficient (Wildman–Crippen LogP) is 5.71. The third kappa shape index (κ3) is 2.24. The molecular weight excluding hydrogens is 384 g/mol. The van der Waals surface area contributed by atoms with Gasteiger partial charge in [-0.2, -0.15) is 0 Å². The molecule has 176 valence electrons. The van der Waals surface area contributed by atoms with Crippen LogP contribution in [0.1, 0.15) is 105 Å². The lowest BCUT2D eigenvalue weighted by Crippen LogP contribution is -2.59. The second kappa shape index (κ2) is 6.30. The topological polar surface area (TPSA) is 49.7 Å². The maximum atomic E-state index is 12.0. The SMILES string of the molecule is CCC[C@H]1CCC2[C@H](O1)[C@H](O)[C@@]1(C)C3CCC4C(C)(C)[C@@H](O)CC[C@@]45C[C@@]35CC[C@]21C. The van der Waals surface area contributed by atoms with Crippen LogP contribution in [0.2, 0.25) is 0 Å². The van der Waals surface area contributed by atoms with Crippen molar-refractivity contribution in [1.29, 1.82) is 0 Å². The average Bonchev–Trinajstić information content (AvgIpc) is 3.37. The predicted molar refractivity (Wildman–Crippen MR) is 122 cm³/mol. The van der Waals surface area contributed by atoms with Crippen LogP contribution in [-0.2, 0) is 4.74 Å². The van der Waals surface area contributed by atoms with Gasteiger partial charge in [0.25, 0.3) is 0 Å². The number of ether oxygens (including phenoxy) is 1. The third-order valence-corrected chi connectivity index (χ3v) is 13.1. The Hall–Kier alpha value is -0.120. The molecule has 3 nitrogen and oxygen atoms in total. The second-order valence-electron chi connectivity index (χ2n) is 13.9. The van der Waals surface area contributed by atoms with Crippen LogP contribution in [0.25, 0.3) is 0 Å². The minimum absolute atomic E-state index is 0.0314. The minimum atomic E-state index is -0.319. The highest BCUT2D eigenvalue weighted by atomic mass is 16.5. The van der Waals surface area contributed by atoms with E-state index < -0.39 is 0 Å². The van der Waals surface area contributed by atoms with Gasteiger partial charge in [-0.25, -0.2) is 0 Å². The molecule has 6 rings (SSSR count). The normalized spacial score (nSPS) is 61.5. The Balaban J connectivity index is 1.37. The smallest absolute Gasteiger partial charge is 0.0876 e. The molecule has 5 aliphatic carbocycles. The van der Waals surface area contributed by atoms with Crippen LogP contribution in [0.15, 0.2) is 0 Å². The molecule has 31 heavy (non-hydrogen) atoms. The highest BCUT2D eigenvalue weighted by Gasteiger charge is 2.84. The van der Waals surface area contributed by atoms with E-state index in [4.69, 9.17) is 4.74 Å². The van der Waals surface area contributed by atoms with Gasteiger partial charge in [0.2, 0.25) is 0 Å². The molecular formula is C28H46O3. The zero-order valence-corrected chi connectivity index (χ0v) is 20.6. The molecule has 6 fully saturated rings. The largest absolute Gasteiger partial charge is 0.393 e. The molecule has 0 radical (unpaired) electrons. The fourth-order valence-electron chi connectivity index (χ4n) is 11.4. The van der Waals surface area contributed by atoms with E-state index in [2.05, 4.69) is 34.6 Å². The van der Waals surface area contributed by atoms with Gasteiger partial charge in [-0.3, -0.25) is 0 Å². The first-order valence-electron chi connectivity index (χ1n) is 13.6. The lowest BCUT2D eigenvalue weighted by Gasteiger charge is -2.63. The second-order valence-corrected chi connectivity index (χ2v) is 13.9. The summed E-state index contributed by atoms with van der Waals surface area (Å²) in [7, 11) is 0. The van der Waals surface area contributed by atoms with E-state index in [-0.39, 0.29) is 34.6 Å². The molecule has 5 saturated carbocycles. The van der Waals surface area contributed by atoms with Gasteiger partial charge < -0.3 is 14.9 Å². The van der Waals surface area contributed by atoms with Gasteiger partial charge in [0.15, 0.2) is 0 Å². The van der Waals surface area contributed by atoms with E-state index in [0.717, 1.165) is 12.8 Å². The Bertz CT molecular complexity index is 763. The Morgan fingerprint density at radius 2 is 1.55 bits per heavy atom. The van der Waals surface area contributed by atoms with Gasteiger partial charge in [-0.05, 0) is 104 Å². The van der Waals surface area contributed by atoms with Gasteiger partial charge in [0, 0.05) is 5.41 Å². The fourth-order valence-corrected chi connectivity index (χ4v) is 11.4.